The normalized spacial score (nSPS) is 15.3. The summed E-state index contributed by atoms with van der Waals surface area (Å²) in [5, 5.41) is 0. The van der Waals surface area contributed by atoms with Gasteiger partial charge in [0.1, 0.15) is 11.5 Å². The molecule has 0 spiro atoms. The minimum absolute atomic E-state index is 0.0366. The van der Waals surface area contributed by atoms with E-state index >= 15 is 0 Å². The zero-order valence-electron chi connectivity index (χ0n) is 11.6. The van der Waals surface area contributed by atoms with Crippen LogP contribution in [-0.2, 0) is 0 Å². The maximum Gasteiger partial charge on any atom is 0.270 e. The zero-order valence-corrected chi connectivity index (χ0v) is 11.6. The number of halogens is 1. The van der Waals surface area contributed by atoms with Crippen LogP contribution in [0.2, 0.25) is 0 Å². The lowest BCUT2D eigenvalue weighted by molar-refractivity contribution is 0.0741. The number of rotatable bonds is 2. The van der Waals surface area contributed by atoms with Gasteiger partial charge < -0.3 is 20.5 Å². The standard InChI is InChI=1S/C15H17FN4O/c16-11-1-3-13(4-2-11)19-5-7-20(8-6-19)15(21)14-9-12(17)10-18-14/h1-4,9-10,18H,5-8,17H2. The van der Waals surface area contributed by atoms with E-state index in [4.69, 9.17) is 5.73 Å². The smallest absolute Gasteiger partial charge is 0.270 e. The number of H-pyrrole nitrogens is 1. The van der Waals surface area contributed by atoms with Crippen molar-refractivity contribution in [3.05, 3.63) is 48.0 Å². The van der Waals surface area contributed by atoms with Crippen molar-refractivity contribution in [2.24, 2.45) is 0 Å². The third-order valence-electron chi connectivity index (χ3n) is 3.69. The Labute approximate surface area is 122 Å². The Balaban J connectivity index is 1.62. The molecule has 0 saturated carbocycles. The number of hydrogen-bond donors (Lipinski definition) is 2. The molecule has 1 fully saturated rings. The molecule has 0 radical (unpaired) electrons. The first-order valence-electron chi connectivity index (χ1n) is 6.87. The van der Waals surface area contributed by atoms with Crippen LogP contribution in [0.15, 0.2) is 36.5 Å². The third-order valence-corrected chi connectivity index (χ3v) is 3.69. The fourth-order valence-electron chi connectivity index (χ4n) is 2.52. The summed E-state index contributed by atoms with van der Waals surface area (Å²) in [6.45, 7) is 2.73. The second-order valence-corrected chi connectivity index (χ2v) is 5.10. The molecule has 110 valence electrons. The van der Waals surface area contributed by atoms with Gasteiger partial charge in [-0.25, -0.2) is 4.39 Å². The van der Waals surface area contributed by atoms with Crippen LogP contribution in [0, 0.1) is 5.82 Å². The van der Waals surface area contributed by atoms with Gasteiger partial charge in [0.15, 0.2) is 0 Å². The average molecular weight is 288 g/mol. The summed E-state index contributed by atoms with van der Waals surface area (Å²) in [6.07, 6.45) is 1.61. The highest BCUT2D eigenvalue weighted by molar-refractivity contribution is 5.93. The topological polar surface area (TPSA) is 65.4 Å². The molecular weight excluding hydrogens is 271 g/mol. The van der Waals surface area contributed by atoms with Crippen molar-refractivity contribution in [3.63, 3.8) is 0 Å². The van der Waals surface area contributed by atoms with Gasteiger partial charge in [-0.3, -0.25) is 4.79 Å². The SMILES string of the molecule is Nc1c[nH]c(C(=O)N2CCN(c3ccc(F)cc3)CC2)c1. The van der Waals surface area contributed by atoms with Crippen molar-refractivity contribution < 1.29 is 9.18 Å². The molecule has 3 rings (SSSR count). The highest BCUT2D eigenvalue weighted by atomic mass is 19.1. The van der Waals surface area contributed by atoms with Crippen LogP contribution in [-0.4, -0.2) is 42.0 Å². The van der Waals surface area contributed by atoms with E-state index in [9.17, 15) is 9.18 Å². The predicted molar refractivity (Wildman–Crippen MR) is 79.7 cm³/mol. The van der Waals surface area contributed by atoms with E-state index in [0.717, 1.165) is 18.8 Å². The van der Waals surface area contributed by atoms with Crippen molar-refractivity contribution in [3.8, 4) is 0 Å². The molecule has 1 aliphatic rings. The predicted octanol–water partition coefficient (Wildman–Crippen LogP) is 1.70. The Morgan fingerprint density at radius 3 is 2.38 bits per heavy atom. The Kier molecular flexibility index (Phi) is 3.51. The Hall–Kier alpha value is -2.50. The fraction of sp³-hybridized carbons (Fsp3) is 0.267. The van der Waals surface area contributed by atoms with Crippen molar-refractivity contribution in [2.45, 2.75) is 0 Å². The second kappa shape index (κ2) is 5.47. The molecule has 0 unspecified atom stereocenters. The monoisotopic (exact) mass is 288 g/mol. The van der Waals surface area contributed by atoms with Gasteiger partial charge in [-0.1, -0.05) is 0 Å². The van der Waals surface area contributed by atoms with Gasteiger partial charge >= 0.3 is 0 Å². The molecule has 2 aromatic rings. The number of nitrogens with two attached hydrogens (primary N) is 1. The zero-order chi connectivity index (χ0) is 14.8. The van der Waals surface area contributed by atoms with Crippen molar-refractivity contribution in [1.82, 2.24) is 9.88 Å². The van der Waals surface area contributed by atoms with Gasteiger partial charge in [0.25, 0.3) is 5.91 Å². The third kappa shape index (κ3) is 2.84. The number of aromatic amines is 1. The number of carbonyl (C=O) groups is 1. The van der Waals surface area contributed by atoms with Crippen LogP contribution in [0.25, 0.3) is 0 Å². The van der Waals surface area contributed by atoms with E-state index in [1.165, 1.54) is 12.1 Å². The molecule has 1 saturated heterocycles. The molecule has 6 heteroatoms. The van der Waals surface area contributed by atoms with Crippen LogP contribution < -0.4 is 10.6 Å². The number of hydrogen-bond acceptors (Lipinski definition) is 3. The number of piperazine rings is 1. The first-order valence-corrected chi connectivity index (χ1v) is 6.87. The molecule has 1 aromatic heterocycles. The van der Waals surface area contributed by atoms with Crippen LogP contribution >= 0.6 is 0 Å². The summed E-state index contributed by atoms with van der Waals surface area (Å²) < 4.78 is 12.9. The number of amides is 1. The van der Waals surface area contributed by atoms with E-state index < -0.39 is 0 Å². The fourth-order valence-corrected chi connectivity index (χ4v) is 2.52. The highest BCUT2D eigenvalue weighted by Crippen LogP contribution is 2.18. The lowest BCUT2D eigenvalue weighted by atomic mass is 10.2. The summed E-state index contributed by atoms with van der Waals surface area (Å²) in [7, 11) is 0. The van der Waals surface area contributed by atoms with E-state index in [1.807, 2.05) is 0 Å². The summed E-state index contributed by atoms with van der Waals surface area (Å²) in [6, 6.07) is 8.08. The molecule has 2 heterocycles. The molecule has 1 aliphatic heterocycles. The van der Waals surface area contributed by atoms with Crippen molar-refractivity contribution in [1.29, 1.82) is 0 Å². The molecule has 1 amide bonds. The Morgan fingerprint density at radius 1 is 1.14 bits per heavy atom. The van der Waals surface area contributed by atoms with E-state index in [0.29, 0.717) is 24.5 Å². The molecule has 1 aromatic carbocycles. The van der Waals surface area contributed by atoms with Gasteiger partial charge in [-0.05, 0) is 30.3 Å². The van der Waals surface area contributed by atoms with Gasteiger partial charge in [0, 0.05) is 43.8 Å². The van der Waals surface area contributed by atoms with Gasteiger partial charge in [0.05, 0.1) is 0 Å². The first kappa shape index (κ1) is 13.5. The molecule has 5 nitrogen and oxygen atoms in total. The number of aromatic nitrogens is 1. The van der Waals surface area contributed by atoms with Gasteiger partial charge in [-0.2, -0.15) is 0 Å². The molecule has 3 N–H and O–H groups in total. The largest absolute Gasteiger partial charge is 0.397 e. The summed E-state index contributed by atoms with van der Waals surface area (Å²) >= 11 is 0. The lowest BCUT2D eigenvalue weighted by Gasteiger charge is -2.36. The maximum atomic E-state index is 12.9. The van der Waals surface area contributed by atoms with E-state index in [-0.39, 0.29) is 11.7 Å². The minimum atomic E-state index is -0.239. The summed E-state index contributed by atoms with van der Waals surface area (Å²) in [5.74, 6) is -0.276. The number of nitrogens with zero attached hydrogens (tertiary/aromatic N) is 2. The number of carbonyl (C=O) groups excluding carboxylic acids is 1. The number of nitrogen functional groups attached to an aromatic ring is 1. The summed E-state index contributed by atoms with van der Waals surface area (Å²) in [5.41, 5.74) is 7.67. The van der Waals surface area contributed by atoms with Gasteiger partial charge in [-0.15, -0.1) is 0 Å². The molecule has 0 aliphatic carbocycles. The second-order valence-electron chi connectivity index (χ2n) is 5.10. The van der Waals surface area contributed by atoms with Crippen molar-refractivity contribution >= 4 is 17.3 Å². The number of benzene rings is 1. The number of anilines is 2. The quantitative estimate of drug-likeness (QED) is 0.884. The Morgan fingerprint density at radius 2 is 1.81 bits per heavy atom. The first-order chi connectivity index (χ1) is 10.1. The minimum Gasteiger partial charge on any atom is -0.397 e. The number of nitrogens with one attached hydrogen (secondary N) is 1. The van der Waals surface area contributed by atoms with Crippen LogP contribution in [0.5, 0.6) is 0 Å². The van der Waals surface area contributed by atoms with E-state index in [2.05, 4.69) is 9.88 Å². The van der Waals surface area contributed by atoms with Crippen LogP contribution in [0.3, 0.4) is 0 Å². The van der Waals surface area contributed by atoms with Crippen LogP contribution in [0.1, 0.15) is 10.5 Å². The summed E-state index contributed by atoms with van der Waals surface area (Å²) in [4.78, 5) is 19.1. The average Bonchev–Trinajstić information content (AvgIpc) is 2.94. The molecule has 0 atom stereocenters. The molecule has 0 bridgehead atoms. The highest BCUT2D eigenvalue weighted by Gasteiger charge is 2.23. The molecular formula is C15H17FN4O. The lowest BCUT2D eigenvalue weighted by Crippen LogP contribution is -2.48. The molecule has 21 heavy (non-hydrogen) atoms. The Bertz CT molecular complexity index is 629. The van der Waals surface area contributed by atoms with E-state index in [1.54, 1.807) is 29.3 Å². The van der Waals surface area contributed by atoms with Crippen molar-refractivity contribution in [2.75, 3.05) is 36.8 Å². The maximum absolute atomic E-state index is 12.9. The van der Waals surface area contributed by atoms with Gasteiger partial charge in [0.2, 0.25) is 0 Å². The van der Waals surface area contributed by atoms with Crippen LogP contribution in [0.4, 0.5) is 15.8 Å².